The Morgan fingerprint density at radius 3 is 2.67 bits per heavy atom. The quantitative estimate of drug-likeness (QED) is 0.645. The van der Waals surface area contributed by atoms with Gasteiger partial charge in [0, 0.05) is 36.2 Å². The lowest BCUT2D eigenvalue weighted by Gasteiger charge is -2.42. The maximum Gasteiger partial charge on any atom is 0.193 e. The molecule has 1 heterocycles. The fourth-order valence-electron chi connectivity index (χ4n) is 3.65. The van der Waals surface area contributed by atoms with Gasteiger partial charge in [-0.1, -0.05) is 12.8 Å². The van der Waals surface area contributed by atoms with Crippen LogP contribution in [0.25, 0.3) is 0 Å². The Hall–Kier alpha value is -1.34. The molecule has 2 aliphatic rings. The third-order valence-corrected chi connectivity index (χ3v) is 5.89. The van der Waals surface area contributed by atoms with Crippen LogP contribution in [0.2, 0.25) is 0 Å². The van der Waals surface area contributed by atoms with Gasteiger partial charge in [0.1, 0.15) is 11.6 Å². The second kappa shape index (κ2) is 7.70. The van der Waals surface area contributed by atoms with E-state index in [9.17, 15) is 8.78 Å². The first-order valence-corrected chi connectivity index (χ1v) is 9.59. The van der Waals surface area contributed by atoms with Crippen LogP contribution in [-0.4, -0.2) is 47.5 Å². The van der Waals surface area contributed by atoms with E-state index < -0.39 is 11.6 Å². The van der Waals surface area contributed by atoms with Crippen molar-refractivity contribution in [3.63, 3.8) is 0 Å². The lowest BCUT2D eigenvalue weighted by Crippen LogP contribution is -2.52. The number of nitrogens with one attached hydrogen (secondary N) is 1. The second-order valence-corrected chi connectivity index (χ2v) is 7.71. The van der Waals surface area contributed by atoms with Crippen molar-refractivity contribution in [3.8, 4) is 0 Å². The third-order valence-electron chi connectivity index (χ3n) is 4.95. The van der Waals surface area contributed by atoms with E-state index in [2.05, 4.69) is 15.2 Å². The van der Waals surface area contributed by atoms with Crippen LogP contribution >= 0.6 is 11.8 Å². The SMILES string of the molecule is NC(=NCC1(N2CCSCC2)CCCC1)Nc1cc(F)ccc1F. The van der Waals surface area contributed by atoms with Crippen molar-refractivity contribution in [1.82, 2.24) is 4.90 Å². The van der Waals surface area contributed by atoms with E-state index in [1.54, 1.807) is 0 Å². The number of aliphatic imine (C=N–C) groups is 1. The van der Waals surface area contributed by atoms with Crippen molar-refractivity contribution in [2.75, 3.05) is 36.5 Å². The fraction of sp³-hybridized carbons (Fsp3) is 0.588. The molecule has 1 saturated carbocycles. The van der Waals surface area contributed by atoms with E-state index in [1.807, 2.05) is 11.8 Å². The Morgan fingerprint density at radius 1 is 1.25 bits per heavy atom. The summed E-state index contributed by atoms with van der Waals surface area (Å²) < 4.78 is 26.9. The number of halogens is 2. The summed E-state index contributed by atoms with van der Waals surface area (Å²) in [7, 11) is 0. The summed E-state index contributed by atoms with van der Waals surface area (Å²) in [5.41, 5.74) is 6.02. The summed E-state index contributed by atoms with van der Waals surface area (Å²) in [5, 5.41) is 2.69. The largest absolute Gasteiger partial charge is 0.370 e. The maximum atomic E-state index is 13.7. The number of benzene rings is 1. The van der Waals surface area contributed by atoms with Crippen LogP contribution in [0.5, 0.6) is 0 Å². The van der Waals surface area contributed by atoms with Crippen molar-refractivity contribution in [1.29, 1.82) is 0 Å². The number of anilines is 1. The molecule has 1 aliphatic carbocycles. The van der Waals surface area contributed by atoms with E-state index in [0.29, 0.717) is 6.54 Å². The maximum absolute atomic E-state index is 13.7. The van der Waals surface area contributed by atoms with Gasteiger partial charge in [-0.3, -0.25) is 9.89 Å². The molecule has 7 heteroatoms. The van der Waals surface area contributed by atoms with Gasteiger partial charge in [-0.05, 0) is 25.0 Å². The number of nitrogens with zero attached hydrogens (tertiary/aromatic N) is 2. The minimum absolute atomic E-state index is 0.0195. The van der Waals surface area contributed by atoms with Crippen molar-refractivity contribution in [2.24, 2.45) is 10.7 Å². The van der Waals surface area contributed by atoms with Gasteiger partial charge in [0.15, 0.2) is 5.96 Å². The lowest BCUT2D eigenvalue weighted by molar-refractivity contribution is 0.112. The highest BCUT2D eigenvalue weighted by Crippen LogP contribution is 2.37. The summed E-state index contributed by atoms with van der Waals surface area (Å²) >= 11 is 1.99. The van der Waals surface area contributed by atoms with Gasteiger partial charge in [-0.25, -0.2) is 8.78 Å². The molecule has 4 nitrogen and oxygen atoms in total. The van der Waals surface area contributed by atoms with E-state index in [4.69, 9.17) is 5.73 Å². The number of hydrogen-bond acceptors (Lipinski definition) is 3. The number of hydrogen-bond donors (Lipinski definition) is 2. The Balaban J connectivity index is 1.68. The molecule has 3 N–H and O–H groups in total. The molecular formula is C17H24F2N4S. The summed E-state index contributed by atoms with van der Waals surface area (Å²) in [6.07, 6.45) is 4.68. The predicted octanol–water partition coefficient (Wildman–Crippen LogP) is 3.05. The molecule has 0 spiro atoms. The molecule has 0 atom stereocenters. The predicted molar refractivity (Wildman–Crippen MR) is 96.6 cm³/mol. The molecule has 2 fully saturated rings. The van der Waals surface area contributed by atoms with Crippen molar-refractivity contribution >= 4 is 23.4 Å². The molecule has 3 rings (SSSR count). The minimum atomic E-state index is -0.543. The Morgan fingerprint density at radius 2 is 1.96 bits per heavy atom. The molecule has 1 aliphatic heterocycles. The summed E-state index contributed by atoms with van der Waals surface area (Å²) in [5.74, 6) is 1.40. The zero-order valence-electron chi connectivity index (χ0n) is 13.7. The Labute approximate surface area is 145 Å². The van der Waals surface area contributed by atoms with Crippen LogP contribution in [0.4, 0.5) is 14.5 Å². The van der Waals surface area contributed by atoms with Crippen LogP contribution < -0.4 is 11.1 Å². The topological polar surface area (TPSA) is 53.6 Å². The number of guanidine groups is 1. The molecule has 0 amide bonds. The fourth-order valence-corrected chi connectivity index (χ4v) is 4.55. The molecule has 0 bridgehead atoms. The van der Waals surface area contributed by atoms with Gasteiger partial charge in [0.25, 0.3) is 0 Å². The monoisotopic (exact) mass is 354 g/mol. The lowest BCUT2D eigenvalue weighted by atomic mass is 9.95. The average molecular weight is 354 g/mol. The summed E-state index contributed by atoms with van der Waals surface area (Å²) in [4.78, 5) is 7.02. The minimum Gasteiger partial charge on any atom is -0.370 e. The number of nitrogens with two attached hydrogens (primary N) is 1. The summed E-state index contributed by atoms with van der Waals surface area (Å²) in [6, 6.07) is 3.25. The molecule has 0 radical (unpaired) electrons. The number of rotatable bonds is 4. The van der Waals surface area contributed by atoms with Gasteiger partial charge in [-0.2, -0.15) is 11.8 Å². The van der Waals surface area contributed by atoms with E-state index >= 15 is 0 Å². The smallest absolute Gasteiger partial charge is 0.193 e. The van der Waals surface area contributed by atoms with Gasteiger partial charge < -0.3 is 11.1 Å². The van der Waals surface area contributed by atoms with Crippen molar-refractivity contribution in [3.05, 3.63) is 29.8 Å². The zero-order valence-corrected chi connectivity index (χ0v) is 14.5. The van der Waals surface area contributed by atoms with Crippen LogP contribution in [0, 0.1) is 11.6 Å². The van der Waals surface area contributed by atoms with E-state index in [0.717, 1.165) is 55.6 Å². The van der Waals surface area contributed by atoms with Gasteiger partial charge in [-0.15, -0.1) is 0 Å². The first-order chi connectivity index (χ1) is 11.6. The van der Waals surface area contributed by atoms with Gasteiger partial charge >= 0.3 is 0 Å². The van der Waals surface area contributed by atoms with Crippen LogP contribution in [0.15, 0.2) is 23.2 Å². The van der Waals surface area contributed by atoms with Crippen molar-refractivity contribution < 1.29 is 8.78 Å². The highest BCUT2D eigenvalue weighted by Gasteiger charge is 2.39. The molecular weight excluding hydrogens is 330 g/mol. The van der Waals surface area contributed by atoms with Gasteiger partial charge in [0.05, 0.1) is 12.2 Å². The average Bonchev–Trinajstić information content (AvgIpc) is 3.07. The molecule has 1 saturated heterocycles. The molecule has 0 unspecified atom stereocenters. The first-order valence-electron chi connectivity index (χ1n) is 8.44. The molecule has 132 valence electrons. The molecule has 24 heavy (non-hydrogen) atoms. The standard InChI is InChI=1S/C17H24F2N4S/c18-13-3-4-14(19)15(11-13)22-16(20)21-12-17(5-1-2-6-17)23-7-9-24-10-8-23/h3-4,11H,1-2,5-10,12H2,(H3,20,21,22). The van der Waals surface area contributed by atoms with Crippen LogP contribution in [-0.2, 0) is 0 Å². The Bertz CT molecular complexity index is 596. The first kappa shape index (κ1) is 17.5. The van der Waals surface area contributed by atoms with Crippen molar-refractivity contribution in [2.45, 2.75) is 31.2 Å². The van der Waals surface area contributed by atoms with Crippen LogP contribution in [0.1, 0.15) is 25.7 Å². The summed E-state index contributed by atoms with van der Waals surface area (Å²) in [6.45, 7) is 2.78. The van der Waals surface area contributed by atoms with Gasteiger partial charge in [0.2, 0.25) is 0 Å². The van der Waals surface area contributed by atoms with E-state index in [1.165, 1.54) is 12.8 Å². The normalized spacial score (nSPS) is 21.8. The highest BCUT2D eigenvalue weighted by atomic mass is 32.2. The Kier molecular flexibility index (Phi) is 5.61. The highest BCUT2D eigenvalue weighted by molar-refractivity contribution is 7.99. The number of thioether (sulfide) groups is 1. The second-order valence-electron chi connectivity index (χ2n) is 6.48. The molecule has 1 aromatic carbocycles. The van der Waals surface area contributed by atoms with E-state index in [-0.39, 0.29) is 17.2 Å². The zero-order chi connectivity index (χ0) is 17.0. The molecule has 0 aromatic heterocycles. The molecule has 1 aromatic rings. The van der Waals surface area contributed by atoms with Crippen LogP contribution in [0.3, 0.4) is 0 Å². The third kappa shape index (κ3) is 4.00.